The largest absolute Gasteiger partial charge is 0.374 e. The molecule has 1 atom stereocenters. The van der Waals surface area contributed by atoms with Crippen molar-refractivity contribution in [1.29, 1.82) is 0 Å². The molecule has 1 fully saturated rings. The molecule has 0 saturated carbocycles. The first-order valence-corrected chi connectivity index (χ1v) is 6.40. The second-order valence-corrected chi connectivity index (χ2v) is 5.32. The van der Waals surface area contributed by atoms with Crippen LogP contribution < -0.4 is 0 Å². The van der Waals surface area contributed by atoms with Crippen LogP contribution in [0.2, 0.25) is 0 Å². The molecule has 0 aromatic carbocycles. The Bertz CT molecular complexity index is 187. The summed E-state index contributed by atoms with van der Waals surface area (Å²) in [7, 11) is 0. The van der Waals surface area contributed by atoms with Gasteiger partial charge in [-0.3, -0.25) is 4.90 Å². The summed E-state index contributed by atoms with van der Waals surface area (Å²) < 4.78 is 6.07. The van der Waals surface area contributed by atoms with E-state index in [9.17, 15) is 0 Å². The van der Waals surface area contributed by atoms with Gasteiger partial charge in [-0.2, -0.15) is 0 Å². The molecule has 1 aliphatic rings. The maximum atomic E-state index is 6.07. The summed E-state index contributed by atoms with van der Waals surface area (Å²) >= 11 is 0. The molecule has 1 rings (SSSR count). The van der Waals surface area contributed by atoms with Crippen molar-refractivity contribution in [3.8, 4) is 0 Å². The molecule has 2 nitrogen and oxygen atoms in total. The van der Waals surface area contributed by atoms with Crippen LogP contribution in [0.5, 0.6) is 0 Å². The monoisotopic (exact) mass is 213 g/mol. The number of rotatable bonds is 4. The van der Waals surface area contributed by atoms with E-state index >= 15 is 0 Å². The van der Waals surface area contributed by atoms with Crippen molar-refractivity contribution in [1.82, 2.24) is 4.90 Å². The fourth-order valence-electron chi connectivity index (χ4n) is 2.57. The molecule has 1 saturated heterocycles. The predicted molar refractivity (Wildman–Crippen MR) is 65.1 cm³/mol. The highest BCUT2D eigenvalue weighted by atomic mass is 16.5. The Morgan fingerprint density at radius 2 is 1.93 bits per heavy atom. The second kappa shape index (κ2) is 5.31. The average Bonchev–Trinajstić information content (AvgIpc) is 2.18. The lowest BCUT2D eigenvalue weighted by Gasteiger charge is -2.46. The van der Waals surface area contributed by atoms with Crippen molar-refractivity contribution < 1.29 is 4.74 Å². The van der Waals surface area contributed by atoms with Crippen LogP contribution in [0, 0.1) is 5.92 Å². The third-order valence-electron chi connectivity index (χ3n) is 3.73. The molecule has 0 radical (unpaired) electrons. The summed E-state index contributed by atoms with van der Waals surface area (Å²) in [4.78, 5) is 2.55. The molecular formula is C13H27NO. The summed E-state index contributed by atoms with van der Waals surface area (Å²) in [5.41, 5.74) is 0.108. The van der Waals surface area contributed by atoms with Gasteiger partial charge in [0.25, 0.3) is 0 Å². The molecule has 0 aromatic rings. The molecule has 0 spiro atoms. The van der Waals surface area contributed by atoms with Gasteiger partial charge in [-0.15, -0.1) is 0 Å². The number of piperidine rings is 1. The second-order valence-electron chi connectivity index (χ2n) is 5.32. The molecule has 1 aliphatic heterocycles. The van der Waals surface area contributed by atoms with E-state index in [2.05, 4.69) is 39.5 Å². The fraction of sp³-hybridized carbons (Fsp3) is 1.00. The van der Waals surface area contributed by atoms with E-state index < -0.39 is 0 Å². The number of hydrogen-bond donors (Lipinski definition) is 0. The molecule has 0 bridgehead atoms. The van der Waals surface area contributed by atoms with Crippen LogP contribution >= 0.6 is 0 Å². The lowest BCUT2D eigenvalue weighted by molar-refractivity contribution is -0.119. The van der Waals surface area contributed by atoms with Crippen molar-refractivity contribution in [2.45, 2.75) is 59.1 Å². The maximum absolute atomic E-state index is 6.07. The Hall–Kier alpha value is -0.0800. The maximum Gasteiger partial charge on any atom is 0.0831 e. The van der Waals surface area contributed by atoms with Gasteiger partial charge in [0.05, 0.1) is 5.60 Å². The van der Waals surface area contributed by atoms with Gasteiger partial charge >= 0.3 is 0 Å². The van der Waals surface area contributed by atoms with Gasteiger partial charge in [-0.25, -0.2) is 0 Å². The molecule has 1 heterocycles. The first-order chi connectivity index (χ1) is 7.02. The van der Waals surface area contributed by atoms with Gasteiger partial charge in [0.1, 0.15) is 0 Å². The zero-order valence-electron chi connectivity index (χ0n) is 11.0. The van der Waals surface area contributed by atoms with Crippen LogP contribution in [0.3, 0.4) is 0 Å². The van der Waals surface area contributed by atoms with Gasteiger partial charge < -0.3 is 4.74 Å². The van der Waals surface area contributed by atoms with Crippen LogP contribution in [0.15, 0.2) is 0 Å². The van der Waals surface area contributed by atoms with Crippen LogP contribution in [-0.2, 0) is 4.74 Å². The average molecular weight is 213 g/mol. The van der Waals surface area contributed by atoms with Gasteiger partial charge in [0.15, 0.2) is 0 Å². The summed E-state index contributed by atoms with van der Waals surface area (Å²) in [6.45, 7) is 14.4. The van der Waals surface area contributed by atoms with Crippen molar-refractivity contribution in [3.63, 3.8) is 0 Å². The van der Waals surface area contributed by atoms with Gasteiger partial charge in [0.2, 0.25) is 0 Å². The molecule has 1 unspecified atom stereocenters. The molecule has 0 N–H and O–H groups in total. The summed E-state index contributed by atoms with van der Waals surface area (Å²) in [6, 6.07) is 0.642. The molecule has 2 heteroatoms. The Morgan fingerprint density at radius 1 is 1.27 bits per heavy atom. The zero-order valence-corrected chi connectivity index (χ0v) is 11.0. The third kappa shape index (κ3) is 2.94. The minimum absolute atomic E-state index is 0.108. The number of likely N-dealkylation sites (tertiary alicyclic amines) is 1. The first kappa shape index (κ1) is 13.0. The highest BCUT2D eigenvalue weighted by molar-refractivity contribution is 4.92. The van der Waals surface area contributed by atoms with Crippen molar-refractivity contribution in [3.05, 3.63) is 0 Å². The van der Waals surface area contributed by atoms with Crippen molar-refractivity contribution in [2.24, 2.45) is 5.92 Å². The minimum Gasteiger partial charge on any atom is -0.374 e. The highest BCUT2D eigenvalue weighted by Crippen LogP contribution is 2.32. The van der Waals surface area contributed by atoms with Gasteiger partial charge in [-0.05, 0) is 46.1 Å². The van der Waals surface area contributed by atoms with E-state index in [-0.39, 0.29) is 5.60 Å². The summed E-state index contributed by atoms with van der Waals surface area (Å²) in [5.74, 6) is 0.610. The SMILES string of the molecule is CCOC1(C(C)C)CCCN(C(C)C)C1. The van der Waals surface area contributed by atoms with Crippen LogP contribution in [0.1, 0.15) is 47.5 Å². The summed E-state index contributed by atoms with van der Waals surface area (Å²) in [6.07, 6.45) is 2.50. The standard InChI is InChI=1S/C13H27NO/c1-6-15-13(11(2)3)8-7-9-14(10-13)12(4)5/h11-12H,6-10H2,1-5H3. The third-order valence-corrected chi connectivity index (χ3v) is 3.73. The van der Waals surface area contributed by atoms with Gasteiger partial charge in [-0.1, -0.05) is 13.8 Å². The van der Waals surface area contributed by atoms with E-state index in [1.165, 1.54) is 19.4 Å². The Morgan fingerprint density at radius 3 is 2.40 bits per heavy atom. The quantitative estimate of drug-likeness (QED) is 0.712. The van der Waals surface area contributed by atoms with E-state index in [1.807, 2.05) is 0 Å². The molecule has 15 heavy (non-hydrogen) atoms. The van der Waals surface area contributed by atoms with E-state index in [0.717, 1.165) is 13.2 Å². The zero-order chi connectivity index (χ0) is 11.5. The van der Waals surface area contributed by atoms with Gasteiger partial charge in [0, 0.05) is 19.2 Å². The van der Waals surface area contributed by atoms with Crippen LogP contribution in [0.4, 0.5) is 0 Å². The normalized spacial score (nSPS) is 29.0. The Kier molecular flexibility index (Phi) is 4.60. The Labute approximate surface area is 95.0 Å². The van der Waals surface area contributed by atoms with Crippen molar-refractivity contribution in [2.75, 3.05) is 19.7 Å². The lowest BCUT2D eigenvalue weighted by Crippen LogP contribution is -2.54. The fourth-order valence-corrected chi connectivity index (χ4v) is 2.57. The molecule has 90 valence electrons. The van der Waals surface area contributed by atoms with Crippen LogP contribution in [-0.4, -0.2) is 36.2 Å². The Balaban J connectivity index is 2.71. The minimum atomic E-state index is 0.108. The van der Waals surface area contributed by atoms with E-state index in [0.29, 0.717) is 12.0 Å². The number of hydrogen-bond acceptors (Lipinski definition) is 2. The van der Waals surface area contributed by atoms with Crippen molar-refractivity contribution >= 4 is 0 Å². The molecular weight excluding hydrogens is 186 g/mol. The molecule has 0 aliphatic carbocycles. The summed E-state index contributed by atoms with van der Waals surface area (Å²) in [5, 5.41) is 0. The lowest BCUT2D eigenvalue weighted by atomic mass is 9.82. The van der Waals surface area contributed by atoms with E-state index in [1.54, 1.807) is 0 Å². The number of ether oxygens (including phenoxy) is 1. The first-order valence-electron chi connectivity index (χ1n) is 6.40. The van der Waals surface area contributed by atoms with Crippen LogP contribution in [0.25, 0.3) is 0 Å². The smallest absolute Gasteiger partial charge is 0.0831 e. The predicted octanol–water partition coefficient (Wildman–Crippen LogP) is 2.92. The van der Waals surface area contributed by atoms with E-state index in [4.69, 9.17) is 4.74 Å². The molecule has 0 amide bonds. The topological polar surface area (TPSA) is 12.5 Å². The molecule has 0 aromatic heterocycles. The highest BCUT2D eigenvalue weighted by Gasteiger charge is 2.39. The number of nitrogens with zero attached hydrogens (tertiary/aromatic N) is 1.